The monoisotopic (exact) mass is 419 g/mol. The molecule has 0 amide bonds. The first-order valence-electron chi connectivity index (χ1n) is 8.41. The summed E-state index contributed by atoms with van der Waals surface area (Å²) in [5, 5.41) is 20.6. The van der Waals surface area contributed by atoms with Crippen LogP contribution in [0.15, 0.2) is 24.3 Å². The fourth-order valence-corrected chi connectivity index (χ4v) is 5.24. The SMILES string of the molecule is CN1CC[C@]23c4c5ccc(O)c4O[C@H]2[C@@H](O)C=C[C@H]3[C@H]1C5.Cl.O=S(=O)(O)O. The standard InChI is InChI=1S/C17H19NO3.ClH.H2O4S/c1-18-7-6-17-10-3-5-13(20)16(17)21-15-12(19)4-2-9(14(15)17)8-11(10)18;;1-5(2,3)4/h2-5,10-11,13,16,19-20H,6-8H2,1H3;1H;(H2,1,2,3,4)/t10-,11+,13-,16-,17-;;/m0../s1. The molecule has 8 nitrogen and oxygen atoms in total. The van der Waals surface area contributed by atoms with E-state index in [9.17, 15) is 10.2 Å². The number of phenols is 1. The molecule has 2 heterocycles. The van der Waals surface area contributed by atoms with E-state index in [1.807, 2.05) is 12.1 Å². The van der Waals surface area contributed by atoms with Gasteiger partial charge in [-0.1, -0.05) is 18.2 Å². The van der Waals surface area contributed by atoms with Gasteiger partial charge in [0.05, 0.1) is 0 Å². The Kier molecular flexibility index (Phi) is 4.99. The lowest BCUT2D eigenvalue weighted by Crippen LogP contribution is -2.64. The average molecular weight is 420 g/mol. The number of hydrogen-bond acceptors (Lipinski definition) is 6. The van der Waals surface area contributed by atoms with Gasteiger partial charge >= 0.3 is 10.4 Å². The molecule has 4 aliphatic rings. The fraction of sp³-hybridized carbons (Fsp3) is 0.529. The second-order valence-corrected chi connectivity index (χ2v) is 8.27. The van der Waals surface area contributed by atoms with Crippen molar-refractivity contribution in [1.82, 2.24) is 4.90 Å². The van der Waals surface area contributed by atoms with Gasteiger partial charge in [-0.3, -0.25) is 9.11 Å². The Labute approximate surface area is 163 Å². The van der Waals surface area contributed by atoms with Crippen LogP contribution in [0.3, 0.4) is 0 Å². The van der Waals surface area contributed by atoms with Crippen LogP contribution >= 0.6 is 12.4 Å². The molecule has 5 rings (SSSR count). The lowest BCUT2D eigenvalue weighted by atomic mass is 9.53. The summed E-state index contributed by atoms with van der Waals surface area (Å²) in [4.78, 5) is 2.43. The minimum absolute atomic E-state index is 0. The molecule has 4 N–H and O–H groups in total. The Morgan fingerprint density at radius 3 is 2.59 bits per heavy atom. The van der Waals surface area contributed by atoms with Crippen molar-refractivity contribution >= 4 is 22.8 Å². The number of piperidine rings is 1. The molecule has 2 aliphatic carbocycles. The topological polar surface area (TPSA) is 128 Å². The van der Waals surface area contributed by atoms with Gasteiger partial charge in [0.1, 0.15) is 12.2 Å². The van der Waals surface area contributed by atoms with Crippen LogP contribution < -0.4 is 4.74 Å². The maximum Gasteiger partial charge on any atom is 0.394 e. The molecule has 27 heavy (non-hydrogen) atoms. The number of rotatable bonds is 0. The van der Waals surface area contributed by atoms with Gasteiger partial charge in [-0.25, -0.2) is 0 Å². The van der Waals surface area contributed by atoms with Crippen molar-refractivity contribution in [2.24, 2.45) is 5.92 Å². The Morgan fingerprint density at radius 2 is 1.93 bits per heavy atom. The zero-order valence-corrected chi connectivity index (χ0v) is 16.2. The number of aromatic hydroxyl groups is 1. The summed E-state index contributed by atoms with van der Waals surface area (Å²) in [5.74, 6) is 1.19. The second kappa shape index (κ2) is 6.61. The zero-order chi connectivity index (χ0) is 18.9. The number of likely N-dealkylation sites (N-methyl/N-ethyl adjacent to an activating group) is 1. The van der Waals surface area contributed by atoms with Crippen LogP contribution in [0, 0.1) is 5.92 Å². The molecular formula is C17H22ClNO7S. The van der Waals surface area contributed by atoms with E-state index in [-0.39, 0.29) is 29.7 Å². The predicted molar refractivity (Wildman–Crippen MR) is 99.0 cm³/mol. The molecule has 10 heteroatoms. The molecule has 1 aromatic rings. The number of ether oxygens (including phenoxy) is 1. The predicted octanol–water partition coefficient (Wildman–Crippen LogP) is 0.967. The van der Waals surface area contributed by atoms with Crippen LogP contribution in [0.1, 0.15) is 17.5 Å². The van der Waals surface area contributed by atoms with Crippen molar-refractivity contribution in [3.05, 3.63) is 35.4 Å². The van der Waals surface area contributed by atoms with Crippen molar-refractivity contribution < 1.29 is 32.5 Å². The van der Waals surface area contributed by atoms with Crippen LogP contribution in [-0.2, 0) is 22.2 Å². The number of benzene rings is 1. The minimum atomic E-state index is -4.67. The van der Waals surface area contributed by atoms with Crippen molar-refractivity contribution in [3.8, 4) is 11.5 Å². The highest BCUT2D eigenvalue weighted by Crippen LogP contribution is 2.62. The first kappa shape index (κ1) is 20.4. The van der Waals surface area contributed by atoms with Crippen LogP contribution in [0.2, 0.25) is 0 Å². The first-order valence-corrected chi connectivity index (χ1v) is 9.81. The largest absolute Gasteiger partial charge is 0.504 e. The molecule has 5 atom stereocenters. The maximum absolute atomic E-state index is 10.4. The van der Waals surface area contributed by atoms with E-state index in [0.29, 0.717) is 17.7 Å². The first-order chi connectivity index (χ1) is 12.1. The van der Waals surface area contributed by atoms with Gasteiger partial charge in [0.15, 0.2) is 11.5 Å². The van der Waals surface area contributed by atoms with E-state index in [2.05, 4.69) is 18.0 Å². The molecule has 0 saturated carbocycles. The van der Waals surface area contributed by atoms with Gasteiger partial charge in [0.25, 0.3) is 0 Å². The van der Waals surface area contributed by atoms with E-state index in [4.69, 9.17) is 22.3 Å². The van der Waals surface area contributed by atoms with E-state index in [0.717, 1.165) is 19.4 Å². The molecule has 0 aromatic heterocycles. The smallest absolute Gasteiger partial charge is 0.394 e. The van der Waals surface area contributed by atoms with E-state index >= 15 is 0 Å². The molecule has 2 aliphatic heterocycles. The Hall–Kier alpha value is -1.36. The third-order valence-electron chi connectivity index (χ3n) is 6.15. The van der Waals surface area contributed by atoms with Crippen molar-refractivity contribution in [2.45, 2.75) is 36.5 Å². The number of aliphatic hydroxyl groups is 1. The van der Waals surface area contributed by atoms with Crippen LogP contribution in [0.5, 0.6) is 11.5 Å². The summed E-state index contributed by atoms with van der Waals surface area (Å²) < 4.78 is 37.7. The zero-order valence-electron chi connectivity index (χ0n) is 14.5. The number of phenolic OH excluding ortho intramolecular Hbond substituents is 1. The molecule has 150 valence electrons. The normalized spacial score (nSPS) is 35.3. The van der Waals surface area contributed by atoms with Crippen molar-refractivity contribution in [1.29, 1.82) is 0 Å². The molecule has 2 bridgehead atoms. The molecular weight excluding hydrogens is 398 g/mol. The number of hydrogen-bond donors (Lipinski definition) is 4. The summed E-state index contributed by atoms with van der Waals surface area (Å²) in [6.07, 6.45) is 5.18. The van der Waals surface area contributed by atoms with Gasteiger partial charge < -0.3 is 19.8 Å². The molecule has 0 radical (unpaired) electrons. The second-order valence-electron chi connectivity index (χ2n) is 7.38. The number of likely N-dealkylation sites (tertiary alicyclic amines) is 1. The van der Waals surface area contributed by atoms with Crippen LogP contribution in [-0.4, -0.2) is 64.5 Å². The quantitative estimate of drug-likeness (QED) is 0.362. The van der Waals surface area contributed by atoms with E-state index in [1.54, 1.807) is 6.07 Å². The summed E-state index contributed by atoms with van der Waals surface area (Å²) >= 11 is 0. The summed E-state index contributed by atoms with van der Waals surface area (Å²) in [6.45, 7) is 1.01. The van der Waals surface area contributed by atoms with Gasteiger partial charge in [-0.05, 0) is 38.1 Å². The number of aliphatic hydroxyl groups excluding tert-OH is 1. The number of nitrogens with zero attached hydrogens (tertiary/aromatic N) is 1. The maximum atomic E-state index is 10.4. The lowest BCUT2D eigenvalue weighted by molar-refractivity contribution is -0.0453. The molecule has 1 fully saturated rings. The van der Waals surface area contributed by atoms with Gasteiger partial charge in [0, 0.05) is 22.9 Å². The lowest BCUT2D eigenvalue weighted by Gasteiger charge is -2.56. The highest BCUT2D eigenvalue weighted by molar-refractivity contribution is 7.79. The Balaban J connectivity index is 0.000000315. The van der Waals surface area contributed by atoms with E-state index < -0.39 is 16.5 Å². The fourth-order valence-electron chi connectivity index (χ4n) is 5.24. The summed E-state index contributed by atoms with van der Waals surface area (Å²) in [7, 11) is -2.48. The number of halogens is 1. The van der Waals surface area contributed by atoms with Crippen molar-refractivity contribution in [2.75, 3.05) is 13.6 Å². The van der Waals surface area contributed by atoms with Crippen LogP contribution in [0.25, 0.3) is 0 Å². The minimum Gasteiger partial charge on any atom is -0.504 e. The molecule has 1 aromatic carbocycles. The Bertz CT molecular complexity index is 882. The third kappa shape index (κ3) is 3.02. The van der Waals surface area contributed by atoms with Crippen LogP contribution in [0.4, 0.5) is 0 Å². The molecule has 0 unspecified atom stereocenters. The van der Waals surface area contributed by atoms with E-state index in [1.165, 1.54) is 11.1 Å². The van der Waals surface area contributed by atoms with Crippen molar-refractivity contribution in [3.63, 3.8) is 0 Å². The summed E-state index contributed by atoms with van der Waals surface area (Å²) in [6, 6.07) is 4.23. The highest BCUT2D eigenvalue weighted by atomic mass is 35.5. The van der Waals surface area contributed by atoms with Gasteiger partial charge in [-0.2, -0.15) is 8.42 Å². The summed E-state index contributed by atoms with van der Waals surface area (Å²) in [5.41, 5.74) is 2.29. The highest BCUT2D eigenvalue weighted by Gasteiger charge is 2.64. The molecule has 1 spiro atoms. The third-order valence-corrected chi connectivity index (χ3v) is 6.15. The average Bonchev–Trinajstić information content (AvgIpc) is 2.89. The molecule has 1 saturated heterocycles. The van der Waals surface area contributed by atoms with Gasteiger partial charge in [-0.15, -0.1) is 12.4 Å². The van der Waals surface area contributed by atoms with Gasteiger partial charge in [0.2, 0.25) is 0 Å². The Morgan fingerprint density at radius 1 is 1.26 bits per heavy atom.